The molecule has 3 N–H and O–H groups in total. The van der Waals surface area contributed by atoms with Crippen molar-refractivity contribution in [2.45, 2.75) is 64.5 Å². The highest BCUT2D eigenvalue weighted by Crippen LogP contribution is 2.55. The normalized spacial score (nSPS) is 33.4. The number of pyridine rings is 1. The van der Waals surface area contributed by atoms with Gasteiger partial charge in [-0.1, -0.05) is 0 Å². The maximum absolute atomic E-state index is 5.97. The Morgan fingerprint density at radius 1 is 1.31 bits per heavy atom. The van der Waals surface area contributed by atoms with E-state index in [0.29, 0.717) is 23.4 Å². The Balaban J connectivity index is 1.34. The summed E-state index contributed by atoms with van der Waals surface area (Å²) < 4.78 is 5.64. The van der Waals surface area contributed by atoms with Gasteiger partial charge in [-0.2, -0.15) is 0 Å². The summed E-state index contributed by atoms with van der Waals surface area (Å²) in [6.07, 6.45) is 7.43. The minimum absolute atomic E-state index is 0.452. The van der Waals surface area contributed by atoms with Gasteiger partial charge in [0.25, 0.3) is 0 Å². The predicted molar refractivity (Wildman–Crippen MR) is 107 cm³/mol. The van der Waals surface area contributed by atoms with Gasteiger partial charge in [-0.25, -0.2) is 4.98 Å². The third-order valence-electron chi connectivity index (χ3n) is 6.62. The summed E-state index contributed by atoms with van der Waals surface area (Å²) in [5, 5.41) is 3.71. The van der Waals surface area contributed by atoms with Crippen molar-refractivity contribution in [2.24, 2.45) is 17.1 Å². The molecule has 2 aliphatic carbocycles. The van der Waals surface area contributed by atoms with E-state index in [1.807, 2.05) is 0 Å². The molecule has 0 amide bonds. The Morgan fingerprint density at radius 2 is 2.12 bits per heavy atom. The number of nitrogens with one attached hydrogen (secondary N) is 1. The summed E-state index contributed by atoms with van der Waals surface area (Å²) in [7, 11) is 0. The van der Waals surface area contributed by atoms with Gasteiger partial charge in [0.05, 0.1) is 18.0 Å². The summed E-state index contributed by atoms with van der Waals surface area (Å²) in [6.45, 7) is 8.18. The molecule has 2 heterocycles. The maximum atomic E-state index is 5.97. The van der Waals surface area contributed by atoms with E-state index < -0.39 is 0 Å². The largest absolute Gasteiger partial charge is 0.381 e. The van der Waals surface area contributed by atoms with Crippen molar-refractivity contribution in [2.75, 3.05) is 36.5 Å². The van der Waals surface area contributed by atoms with Gasteiger partial charge in [-0.15, -0.1) is 0 Å². The molecule has 3 fully saturated rings. The second-order valence-electron chi connectivity index (χ2n) is 8.84. The van der Waals surface area contributed by atoms with Gasteiger partial charge in [-0.3, -0.25) is 0 Å². The predicted octanol–water partition coefficient (Wildman–Crippen LogP) is 3.32. The average molecular weight is 359 g/mol. The van der Waals surface area contributed by atoms with Crippen molar-refractivity contribution < 1.29 is 4.74 Å². The van der Waals surface area contributed by atoms with E-state index in [-0.39, 0.29) is 0 Å². The van der Waals surface area contributed by atoms with E-state index in [2.05, 4.69) is 36.2 Å². The average Bonchev–Trinajstić information content (AvgIpc) is 2.59. The summed E-state index contributed by atoms with van der Waals surface area (Å²) in [5.41, 5.74) is 8.83. The molecule has 4 rings (SSSR count). The first-order chi connectivity index (χ1) is 12.6. The highest BCUT2D eigenvalue weighted by atomic mass is 16.5. The lowest BCUT2D eigenvalue weighted by atomic mass is 9.52. The molecule has 0 radical (unpaired) electrons. The number of nitrogens with zero attached hydrogens (tertiary/aromatic N) is 2. The smallest absolute Gasteiger partial charge is 0.128 e. The molecule has 1 aromatic rings. The molecule has 0 bridgehead atoms. The quantitative estimate of drug-likeness (QED) is 0.817. The molecular formula is C21H34N4O. The van der Waals surface area contributed by atoms with Gasteiger partial charge in [0.2, 0.25) is 0 Å². The van der Waals surface area contributed by atoms with Crippen LogP contribution in [0.4, 0.5) is 11.5 Å². The monoisotopic (exact) mass is 358 g/mol. The lowest BCUT2D eigenvalue weighted by Gasteiger charge is -2.57. The van der Waals surface area contributed by atoms with Crippen LogP contribution >= 0.6 is 0 Å². The number of rotatable bonds is 6. The highest BCUT2D eigenvalue weighted by Gasteiger charge is 2.51. The van der Waals surface area contributed by atoms with E-state index in [0.717, 1.165) is 37.8 Å². The second-order valence-corrected chi connectivity index (χ2v) is 8.84. The van der Waals surface area contributed by atoms with E-state index >= 15 is 0 Å². The fourth-order valence-electron chi connectivity index (χ4n) is 5.22. The number of nitrogens with two attached hydrogens (primary N) is 1. The lowest BCUT2D eigenvalue weighted by Crippen LogP contribution is -2.57. The van der Waals surface area contributed by atoms with Crippen LogP contribution in [0, 0.1) is 18.3 Å². The molecule has 5 heteroatoms. The van der Waals surface area contributed by atoms with Crippen molar-refractivity contribution in [3.05, 3.63) is 17.8 Å². The fourth-order valence-corrected chi connectivity index (χ4v) is 5.22. The van der Waals surface area contributed by atoms with Gasteiger partial charge in [0.15, 0.2) is 0 Å². The number of ether oxygens (including phenoxy) is 1. The standard InChI is InChI=1S/C21H34N4O/c1-3-25(13-16-5-4-8-26-14-16)20-7-6-19(15(2)23-20)24-18-11-21(12-18)9-17(22)10-21/h6-7,16-18,24H,3-5,8-14,22H2,1-2H3. The maximum Gasteiger partial charge on any atom is 0.128 e. The first-order valence-corrected chi connectivity index (χ1v) is 10.4. The minimum atomic E-state index is 0.452. The zero-order valence-corrected chi connectivity index (χ0v) is 16.3. The summed E-state index contributed by atoms with van der Waals surface area (Å²) in [5.74, 6) is 1.72. The molecule has 1 aliphatic heterocycles. The molecule has 1 atom stereocenters. The zero-order valence-electron chi connectivity index (χ0n) is 16.3. The third-order valence-corrected chi connectivity index (χ3v) is 6.62. The number of aryl methyl sites for hydroxylation is 1. The van der Waals surface area contributed by atoms with Crippen LogP contribution in [0.25, 0.3) is 0 Å². The summed E-state index contributed by atoms with van der Waals surface area (Å²) in [4.78, 5) is 7.30. The topological polar surface area (TPSA) is 63.4 Å². The Bertz CT molecular complexity index is 614. The third kappa shape index (κ3) is 3.70. The van der Waals surface area contributed by atoms with Crippen LogP contribution in [0.2, 0.25) is 0 Å². The molecule has 0 aromatic carbocycles. The van der Waals surface area contributed by atoms with Crippen molar-refractivity contribution in [3.8, 4) is 0 Å². The van der Waals surface area contributed by atoms with E-state index in [4.69, 9.17) is 15.5 Å². The molecule has 3 aliphatic rings. The van der Waals surface area contributed by atoms with Crippen LogP contribution in [0.5, 0.6) is 0 Å². The molecule has 1 unspecified atom stereocenters. The molecule has 1 saturated heterocycles. The van der Waals surface area contributed by atoms with Gasteiger partial charge in [0, 0.05) is 31.8 Å². The summed E-state index contributed by atoms with van der Waals surface area (Å²) >= 11 is 0. The number of hydrogen-bond acceptors (Lipinski definition) is 5. The van der Waals surface area contributed by atoms with Crippen LogP contribution in [-0.4, -0.2) is 43.4 Å². The zero-order chi connectivity index (χ0) is 18.1. The van der Waals surface area contributed by atoms with Crippen molar-refractivity contribution in [1.29, 1.82) is 0 Å². The molecule has 5 nitrogen and oxygen atoms in total. The number of anilines is 2. The Morgan fingerprint density at radius 3 is 2.73 bits per heavy atom. The van der Waals surface area contributed by atoms with E-state index in [1.165, 1.54) is 44.2 Å². The first kappa shape index (κ1) is 18.1. The van der Waals surface area contributed by atoms with Crippen molar-refractivity contribution in [1.82, 2.24) is 4.98 Å². The SMILES string of the molecule is CCN(CC1CCCOC1)c1ccc(NC2CC3(CC(N)C3)C2)c(C)n1. The molecule has 1 spiro atoms. The Hall–Kier alpha value is -1.33. The number of hydrogen-bond donors (Lipinski definition) is 2. The molecule has 144 valence electrons. The van der Waals surface area contributed by atoms with Crippen LogP contribution in [0.3, 0.4) is 0 Å². The van der Waals surface area contributed by atoms with Crippen LogP contribution in [0.15, 0.2) is 12.1 Å². The Kier molecular flexibility index (Phi) is 5.11. The van der Waals surface area contributed by atoms with Crippen LogP contribution < -0.4 is 16.0 Å². The fraction of sp³-hybridized carbons (Fsp3) is 0.762. The van der Waals surface area contributed by atoms with Crippen molar-refractivity contribution in [3.63, 3.8) is 0 Å². The minimum Gasteiger partial charge on any atom is -0.381 e. The van der Waals surface area contributed by atoms with Gasteiger partial charge in [0.1, 0.15) is 5.82 Å². The van der Waals surface area contributed by atoms with Gasteiger partial charge >= 0.3 is 0 Å². The summed E-state index contributed by atoms with van der Waals surface area (Å²) in [6, 6.07) is 5.44. The molecule has 2 saturated carbocycles. The van der Waals surface area contributed by atoms with Crippen LogP contribution in [-0.2, 0) is 4.74 Å². The van der Waals surface area contributed by atoms with Gasteiger partial charge in [-0.05, 0) is 75.8 Å². The first-order valence-electron chi connectivity index (χ1n) is 10.4. The van der Waals surface area contributed by atoms with E-state index in [1.54, 1.807) is 0 Å². The number of aromatic nitrogens is 1. The van der Waals surface area contributed by atoms with E-state index in [9.17, 15) is 0 Å². The Labute approximate surface area is 157 Å². The van der Waals surface area contributed by atoms with Crippen LogP contribution in [0.1, 0.15) is 51.1 Å². The van der Waals surface area contributed by atoms with Crippen molar-refractivity contribution >= 4 is 11.5 Å². The second kappa shape index (κ2) is 7.35. The molecule has 1 aromatic heterocycles. The van der Waals surface area contributed by atoms with Gasteiger partial charge < -0.3 is 20.7 Å². The molecule has 26 heavy (non-hydrogen) atoms. The highest BCUT2D eigenvalue weighted by molar-refractivity contribution is 5.54. The lowest BCUT2D eigenvalue weighted by molar-refractivity contribution is 0.00118. The molecular weight excluding hydrogens is 324 g/mol.